The fraction of sp³-hybridized carbons (Fsp3) is 0.200. The minimum absolute atomic E-state index is 0.0394. The van der Waals surface area contributed by atoms with Crippen LogP contribution in [0, 0.1) is 0 Å². The molecule has 0 aromatic heterocycles. The van der Waals surface area contributed by atoms with E-state index in [4.69, 9.17) is 5.11 Å². The van der Waals surface area contributed by atoms with Crippen LogP contribution in [0.3, 0.4) is 0 Å². The van der Waals surface area contributed by atoms with Crippen molar-refractivity contribution in [1.82, 2.24) is 0 Å². The summed E-state index contributed by atoms with van der Waals surface area (Å²) < 4.78 is 37.9. The fourth-order valence-electron chi connectivity index (χ4n) is 1.60. The number of fused-ring (bicyclic) bond motifs is 1. The zero-order valence-corrected chi connectivity index (χ0v) is 7.88. The maximum absolute atomic E-state index is 12.6. The lowest BCUT2D eigenvalue weighted by Gasteiger charge is -2.12. The van der Waals surface area contributed by atoms with Crippen LogP contribution in [-0.4, -0.2) is 17.3 Å². The standard InChI is InChI=1S/C10H6F3NO2/c11-10(12,13)8-2-5(9(15)16)1-6-3-14-4-7(6)8/h1-3H,4H2,(H,15,16). The van der Waals surface area contributed by atoms with Gasteiger partial charge in [-0.25, -0.2) is 4.79 Å². The number of rotatable bonds is 1. The zero-order chi connectivity index (χ0) is 11.9. The molecule has 2 rings (SSSR count). The van der Waals surface area contributed by atoms with Gasteiger partial charge in [0.2, 0.25) is 0 Å². The topological polar surface area (TPSA) is 49.7 Å². The number of hydrogen-bond donors (Lipinski definition) is 1. The predicted molar refractivity (Wildman–Crippen MR) is 49.7 cm³/mol. The molecule has 0 saturated heterocycles. The Hall–Kier alpha value is -1.85. The minimum atomic E-state index is -4.55. The minimum Gasteiger partial charge on any atom is -0.478 e. The highest BCUT2D eigenvalue weighted by Crippen LogP contribution is 2.35. The summed E-state index contributed by atoms with van der Waals surface area (Å²) in [5.74, 6) is -1.38. The average molecular weight is 229 g/mol. The number of benzene rings is 1. The van der Waals surface area contributed by atoms with Gasteiger partial charge >= 0.3 is 12.1 Å². The number of carbonyl (C=O) groups is 1. The summed E-state index contributed by atoms with van der Waals surface area (Å²) in [6.45, 7) is -0.0515. The van der Waals surface area contributed by atoms with Crippen LogP contribution in [0.25, 0.3) is 0 Å². The van der Waals surface area contributed by atoms with Gasteiger partial charge in [-0.05, 0) is 23.3 Å². The molecule has 1 aliphatic rings. The van der Waals surface area contributed by atoms with E-state index in [9.17, 15) is 18.0 Å². The lowest BCUT2D eigenvalue weighted by Crippen LogP contribution is -2.12. The lowest BCUT2D eigenvalue weighted by atomic mass is 9.99. The molecule has 0 spiro atoms. The summed E-state index contributed by atoms with van der Waals surface area (Å²) in [6.07, 6.45) is -3.29. The summed E-state index contributed by atoms with van der Waals surface area (Å²) in [6, 6.07) is 1.85. The van der Waals surface area contributed by atoms with Crippen LogP contribution in [0.4, 0.5) is 13.2 Å². The molecule has 0 amide bonds. The second kappa shape index (κ2) is 3.33. The van der Waals surface area contributed by atoms with Crippen molar-refractivity contribution in [3.8, 4) is 0 Å². The third kappa shape index (κ3) is 1.66. The molecular formula is C10H6F3NO2. The Balaban J connectivity index is 2.66. The van der Waals surface area contributed by atoms with Gasteiger partial charge in [-0.15, -0.1) is 0 Å². The number of aliphatic imine (C=N–C) groups is 1. The molecular weight excluding hydrogens is 223 g/mol. The maximum Gasteiger partial charge on any atom is 0.416 e. The van der Waals surface area contributed by atoms with Crippen LogP contribution < -0.4 is 0 Å². The number of alkyl halides is 3. The molecule has 0 fully saturated rings. The van der Waals surface area contributed by atoms with Crippen molar-refractivity contribution >= 4 is 12.2 Å². The van der Waals surface area contributed by atoms with Crippen molar-refractivity contribution in [3.63, 3.8) is 0 Å². The first kappa shape index (κ1) is 10.7. The number of carboxylic acid groups (broad SMARTS) is 1. The highest BCUT2D eigenvalue weighted by Gasteiger charge is 2.35. The van der Waals surface area contributed by atoms with Crippen LogP contribution in [0.1, 0.15) is 27.0 Å². The Morgan fingerprint density at radius 1 is 1.38 bits per heavy atom. The molecule has 84 valence electrons. The van der Waals surface area contributed by atoms with E-state index in [1.807, 2.05) is 0 Å². The Labute approximate surface area is 88.2 Å². The summed E-state index contributed by atoms with van der Waals surface area (Å²) in [5.41, 5.74) is -1.02. The summed E-state index contributed by atoms with van der Waals surface area (Å²) in [7, 11) is 0. The van der Waals surface area contributed by atoms with Gasteiger partial charge in [-0.3, -0.25) is 4.99 Å². The van der Waals surface area contributed by atoms with Gasteiger partial charge in [0.25, 0.3) is 0 Å². The van der Waals surface area contributed by atoms with Gasteiger partial charge in [-0.2, -0.15) is 13.2 Å². The average Bonchev–Trinajstić information content (AvgIpc) is 2.61. The molecule has 1 aromatic rings. The van der Waals surface area contributed by atoms with Crippen molar-refractivity contribution < 1.29 is 23.1 Å². The van der Waals surface area contributed by atoms with Crippen LogP contribution in [0.2, 0.25) is 0 Å². The predicted octanol–water partition coefficient (Wildman–Crippen LogP) is 2.34. The maximum atomic E-state index is 12.6. The van der Waals surface area contributed by atoms with Crippen LogP contribution in [-0.2, 0) is 12.7 Å². The van der Waals surface area contributed by atoms with Crippen molar-refractivity contribution in [3.05, 3.63) is 34.4 Å². The molecule has 0 aliphatic carbocycles. The SMILES string of the molecule is O=C(O)c1cc2c(c(C(F)(F)F)c1)CN=C2. The van der Waals surface area contributed by atoms with Gasteiger partial charge in [0.05, 0.1) is 17.7 Å². The molecule has 0 atom stereocenters. The molecule has 1 N–H and O–H groups in total. The van der Waals surface area contributed by atoms with Crippen LogP contribution in [0.5, 0.6) is 0 Å². The molecule has 1 heterocycles. The summed E-state index contributed by atoms with van der Waals surface area (Å²) >= 11 is 0. The number of carboxylic acids is 1. The summed E-state index contributed by atoms with van der Waals surface area (Å²) in [5, 5.41) is 8.69. The molecule has 1 aromatic carbocycles. The highest BCUT2D eigenvalue weighted by atomic mass is 19.4. The van der Waals surface area contributed by atoms with Crippen LogP contribution in [0.15, 0.2) is 17.1 Å². The monoisotopic (exact) mass is 229 g/mol. The van der Waals surface area contributed by atoms with E-state index in [2.05, 4.69) is 4.99 Å². The largest absolute Gasteiger partial charge is 0.478 e. The molecule has 1 aliphatic heterocycles. The molecule has 0 unspecified atom stereocenters. The second-order valence-electron chi connectivity index (χ2n) is 3.36. The number of aromatic carboxylic acids is 1. The van der Waals surface area contributed by atoms with Gasteiger partial charge in [-0.1, -0.05) is 0 Å². The normalized spacial score (nSPS) is 13.9. The zero-order valence-electron chi connectivity index (χ0n) is 7.88. The van der Waals surface area contributed by atoms with E-state index in [0.29, 0.717) is 6.07 Å². The van der Waals surface area contributed by atoms with E-state index in [1.165, 1.54) is 12.3 Å². The first-order chi connectivity index (χ1) is 7.39. The molecule has 0 bridgehead atoms. The molecule has 0 saturated carbocycles. The van der Waals surface area contributed by atoms with Crippen molar-refractivity contribution in [1.29, 1.82) is 0 Å². The van der Waals surface area contributed by atoms with E-state index >= 15 is 0 Å². The van der Waals surface area contributed by atoms with E-state index in [0.717, 1.165) is 0 Å². The quantitative estimate of drug-likeness (QED) is 0.803. The Morgan fingerprint density at radius 2 is 2.06 bits per heavy atom. The first-order valence-electron chi connectivity index (χ1n) is 4.37. The highest BCUT2D eigenvalue weighted by molar-refractivity contribution is 5.93. The second-order valence-corrected chi connectivity index (χ2v) is 3.36. The van der Waals surface area contributed by atoms with Crippen LogP contribution >= 0.6 is 0 Å². The molecule has 3 nitrogen and oxygen atoms in total. The van der Waals surface area contributed by atoms with E-state index in [1.54, 1.807) is 0 Å². The van der Waals surface area contributed by atoms with Gasteiger partial charge in [0.1, 0.15) is 0 Å². The number of nitrogens with zero attached hydrogens (tertiary/aromatic N) is 1. The van der Waals surface area contributed by atoms with E-state index in [-0.39, 0.29) is 23.2 Å². The van der Waals surface area contributed by atoms with Crippen molar-refractivity contribution in [2.24, 2.45) is 4.99 Å². The van der Waals surface area contributed by atoms with Crippen molar-refractivity contribution in [2.75, 3.05) is 0 Å². The van der Waals surface area contributed by atoms with Gasteiger partial charge in [0.15, 0.2) is 0 Å². The number of halogens is 3. The lowest BCUT2D eigenvalue weighted by molar-refractivity contribution is -0.138. The van der Waals surface area contributed by atoms with E-state index < -0.39 is 17.7 Å². The first-order valence-corrected chi connectivity index (χ1v) is 4.37. The third-order valence-corrected chi connectivity index (χ3v) is 2.32. The number of hydrogen-bond acceptors (Lipinski definition) is 2. The smallest absolute Gasteiger partial charge is 0.416 e. The Kier molecular flexibility index (Phi) is 2.22. The molecule has 6 heteroatoms. The Bertz CT molecular complexity index is 492. The molecule has 0 radical (unpaired) electrons. The third-order valence-electron chi connectivity index (χ3n) is 2.32. The van der Waals surface area contributed by atoms with Gasteiger partial charge < -0.3 is 5.11 Å². The van der Waals surface area contributed by atoms with Gasteiger partial charge in [0, 0.05) is 6.21 Å². The molecule has 16 heavy (non-hydrogen) atoms. The summed E-state index contributed by atoms with van der Waals surface area (Å²) in [4.78, 5) is 14.4. The Morgan fingerprint density at radius 3 is 2.62 bits per heavy atom. The van der Waals surface area contributed by atoms with Crippen molar-refractivity contribution in [2.45, 2.75) is 12.7 Å². The fourth-order valence-corrected chi connectivity index (χ4v) is 1.60.